The summed E-state index contributed by atoms with van der Waals surface area (Å²) >= 11 is 0. The first-order valence-electron chi connectivity index (χ1n) is 7.31. The maximum absolute atomic E-state index is 10.2. The molecular formula is C18H15ErN3O6. The molecular weight excluding hydrogens is 521 g/mol. The summed E-state index contributed by atoms with van der Waals surface area (Å²) in [7, 11) is 0. The molecule has 3 heterocycles. The molecule has 10 heteroatoms. The van der Waals surface area contributed by atoms with Crippen LogP contribution in [0.3, 0.4) is 0 Å². The van der Waals surface area contributed by atoms with Gasteiger partial charge in [0.2, 0.25) is 0 Å². The van der Waals surface area contributed by atoms with Crippen LogP contribution in [0.4, 0.5) is 0 Å². The number of carboxylic acids is 3. The molecule has 0 fully saturated rings. The first-order valence-corrected chi connectivity index (χ1v) is 7.31. The first-order chi connectivity index (χ1) is 12.9. The summed E-state index contributed by atoms with van der Waals surface area (Å²) in [6, 6.07) is 8.68. The topological polar surface area (TPSA) is 151 Å². The van der Waals surface area contributed by atoms with Crippen LogP contribution in [0.2, 0.25) is 0 Å². The number of carboxylic acid groups (broad SMARTS) is 3. The monoisotopic (exact) mass is 535 g/mol. The third-order valence-electron chi connectivity index (χ3n) is 2.78. The molecule has 9 nitrogen and oxygen atoms in total. The second-order valence-corrected chi connectivity index (χ2v) is 4.62. The summed E-state index contributed by atoms with van der Waals surface area (Å²) in [6.07, 6.45) is 8.69. The van der Waals surface area contributed by atoms with E-state index in [-0.39, 0.29) is 54.0 Å². The van der Waals surface area contributed by atoms with Crippen LogP contribution in [0.25, 0.3) is 0 Å². The van der Waals surface area contributed by atoms with E-state index in [9.17, 15) is 14.4 Å². The third kappa shape index (κ3) is 10.3. The molecule has 0 aliphatic rings. The van der Waals surface area contributed by atoms with Crippen molar-refractivity contribution in [1.82, 2.24) is 15.0 Å². The van der Waals surface area contributed by atoms with Gasteiger partial charge in [0.05, 0.1) is 16.7 Å². The quantitative estimate of drug-likeness (QED) is 0.458. The molecule has 28 heavy (non-hydrogen) atoms. The SMILES string of the molecule is O=C(O)c1ccncc1.O=C(O)c1ccncc1.O=C(O)c1ccncc1.[Er]. The van der Waals surface area contributed by atoms with Gasteiger partial charge in [-0.2, -0.15) is 0 Å². The summed E-state index contributed by atoms with van der Waals surface area (Å²) < 4.78 is 0. The molecule has 3 aromatic heterocycles. The summed E-state index contributed by atoms with van der Waals surface area (Å²) in [6.45, 7) is 0. The number of hydrogen-bond acceptors (Lipinski definition) is 6. The Morgan fingerprint density at radius 3 is 0.786 bits per heavy atom. The Hall–Kier alpha value is -2.89. The van der Waals surface area contributed by atoms with Gasteiger partial charge in [-0.1, -0.05) is 0 Å². The van der Waals surface area contributed by atoms with Crippen LogP contribution in [0.5, 0.6) is 0 Å². The Morgan fingerprint density at radius 1 is 0.500 bits per heavy atom. The zero-order chi connectivity index (χ0) is 20.1. The van der Waals surface area contributed by atoms with Gasteiger partial charge in [-0.3, -0.25) is 15.0 Å². The standard InChI is InChI=1S/3C6H5NO2.Er/c3*8-6(9)5-1-3-7-4-2-5;/h3*1-4H,(H,8,9);. The molecule has 3 N–H and O–H groups in total. The second kappa shape index (κ2) is 14.2. The number of aromatic carboxylic acids is 3. The Bertz CT molecular complexity index is 747. The van der Waals surface area contributed by atoms with Crippen molar-refractivity contribution in [2.24, 2.45) is 0 Å². The zero-order valence-corrected chi connectivity index (χ0v) is 16.0. The molecule has 0 spiro atoms. The number of hydrogen-bond donors (Lipinski definition) is 3. The van der Waals surface area contributed by atoms with Crippen molar-refractivity contribution in [3.8, 4) is 0 Å². The molecule has 150 valence electrons. The van der Waals surface area contributed by atoms with Crippen LogP contribution >= 0.6 is 0 Å². The van der Waals surface area contributed by atoms with Gasteiger partial charge in [0.25, 0.3) is 0 Å². The molecule has 0 aliphatic heterocycles. The first kappa shape index (κ1) is 25.1. The van der Waals surface area contributed by atoms with E-state index >= 15 is 0 Å². The van der Waals surface area contributed by atoms with Crippen LogP contribution in [-0.2, 0) is 0 Å². The van der Waals surface area contributed by atoms with Gasteiger partial charge < -0.3 is 15.3 Å². The van der Waals surface area contributed by atoms with E-state index in [1.54, 1.807) is 0 Å². The number of aromatic nitrogens is 3. The largest absolute Gasteiger partial charge is 0.478 e. The summed E-state index contributed by atoms with van der Waals surface area (Å²) in [4.78, 5) is 41.5. The minimum absolute atomic E-state index is 0. The Balaban J connectivity index is 0.000000384. The molecule has 0 saturated heterocycles. The molecule has 0 unspecified atom stereocenters. The summed E-state index contributed by atoms with van der Waals surface area (Å²) in [5, 5.41) is 25.1. The van der Waals surface area contributed by atoms with E-state index in [2.05, 4.69) is 15.0 Å². The Kier molecular flexibility index (Phi) is 12.7. The number of pyridine rings is 3. The van der Waals surface area contributed by atoms with Crippen molar-refractivity contribution in [3.63, 3.8) is 0 Å². The Labute approximate surface area is 189 Å². The molecule has 3 aromatic rings. The molecule has 0 amide bonds. The van der Waals surface area contributed by atoms with Gasteiger partial charge in [0, 0.05) is 74.5 Å². The average molecular weight is 537 g/mol. The maximum atomic E-state index is 10.2. The molecule has 0 aromatic carbocycles. The van der Waals surface area contributed by atoms with Gasteiger partial charge in [-0.15, -0.1) is 0 Å². The van der Waals surface area contributed by atoms with Gasteiger partial charge >= 0.3 is 17.9 Å². The molecule has 0 aliphatic carbocycles. The second-order valence-electron chi connectivity index (χ2n) is 4.62. The van der Waals surface area contributed by atoms with E-state index in [0.717, 1.165) is 0 Å². The van der Waals surface area contributed by atoms with Gasteiger partial charge in [0.15, 0.2) is 0 Å². The fourth-order valence-corrected chi connectivity index (χ4v) is 1.48. The van der Waals surface area contributed by atoms with E-state index < -0.39 is 17.9 Å². The maximum Gasteiger partial charge on any atom is 0.335 e. The van der Waals surface area contributed by atoms with Crippen molar-refractivity contribution >= 4 is 17.9 Å². The van der Waals surface area contributed by atoms with Gasteiger partial charge in [0.1, 0.15) is 0 Å². The predicted octanol–water partition coefficient (Wildman–Crippen LogP) is 2.34. The predicted molar refractivity (Wildman–Crippen MR) is 93.6 cm³/mol. The molecule has 0 atom stereocenters. The van der Waals surface area contributed by atoms with E-state index in [4.69, 9.17) is 15.3 Å². The average Bonchev–Trinajstić information content (AvgIpc) is 2.71. The van der Waals surface area contributed by atoms with Crippen LogP contribution in [-0.4, -0.2) is 48.2 Å². The molecule has 0 saturated carbocycles. The van der Waals surface area contributed by atoms with E-state index in [0.29, 0.717) is 0 Å². The zero-order valence-electron chi connectivity index (χ0n) is 14.1. The number of nitrogens with zero attached hydrogens (tertiary/aromatic N) is 3. The van der Waals surface area contributed by atoms with E-state index in [1.807, 2.05) is 0 Å². The minimum atomic E-state index is -0.919. The fourth-order valence-electron chi connectivity index (χ4n) is 1.48. The fraction of sp³-hybridized carbons (Fsp3) is 0. The third-order valence-corrected chi connectivity index (χ3v) is 2.78. The Morgan fingerprint density at radius 2 is 0.679 bits per heavy atom. The van der Waals surface area contributed by atoms with Crippen molar-refractivity contribution in [2.75, 3.05) is 0 Å². The molecule has 0 radical (unpaired) electrons. The van der Waals surface area contributed by atoms with Gasteiger partial charge in [-0.25, -0.2) is 14.4 Å². The normalized spacial score (nSPS) is 8.57. The molecule has 0 bridgehead atoms. The molecule has 3 rings (SSSR count). The van der Waals surface area contributed by atoms with Crippen LogP contribution < -0.4 is 0 Å². The summed E-state index contributed by atoms with van der Waals surface area (Å²) in [5.41, 5.74) is 0.806. The smallest absolute Gasteiger partial charge is 0.335 e. The van der Waals surface area contributed by atoms with Crippen molar-refractivity contribution in [1.29, 1.82) is 0 Å². The minimum Gasteiger partial charge on any atom is -0.478 e. The van der Waals surface area contributed by atoms with Crippen molar-refractivity contribution < 1.29 is 67.0 Å². The van der Waals surface area contributed by atoms with E-state index in [1.165, 1.54) is 73.6 Å². The van der Waals surface area contributed by atoms with Gasteiger partial charge in [-0.05, 0) is 36.4 Å². The van der Waals surface area contributed by atoms with Crippen LogP contribution in [0.1, 0.15) is 31.1 Å². The summed E-state index contributed by atoms with van der Waals surface area (Å²) in [5.74, 6) is -2.76. The van der Waals surface area contributed by atoms with Crippen LogP contribution in [0, 0.1) is 37.3 Å². The number of rotatable bonds is 3. The van der Waals surface area contributed by atoms with Crippen molar-refractivity contribution in [3.05, 3.63) is 90.3 Å². The van der Waals surface area contributed by atoms with Crippen LogP contribution in [0.15, 0.2) is 73.6 Å². The number of carbonyl (C=O) groups is 3. The van der Waals surface area contributed by atoms with Crippen molar-refractivity contribution in [2.45, 2.75) is 0 Å².